The Kier molecular flexibility index (Phi) is 6.17. The quantitative estimate of drug-likeness (QED) is 0.617. The molecule has 1 atom stereocenters. The van der Waals surface area contributed by atoms with E-state index in [0.717, 1.165) is 5.56 Å². The second-order valence-electron chi connectivity index (χ2n) is 6.96. The van der Waals surface area contributed by atoms with E-state index < -0.39 is 26.8 Å². The highest BCUT2D eigenvalue weighted by atomic mass is 32.2. The Hall–Kier alpha value is -2.93. The Morgan fingerprint density at radius 1 is 1.03 bits per heavy atom. The standard InChI is InChI=1S/C22H22FNO4S/c1-15(2)16-9-11-17(12-10-16)29(26,27)21(20-8-5-13-28-20)14-24-22(25)18-6-3-4-7-19(18)23/h3-13,15,21H,14H2,1-2H3,(H,24,25)/t21-/m1/s1. The molecule has 3 aromatic rings. The van der Waals surface area contributed by atoms with Gasteiger partial charge in [-0.25, -0.2) is 12.8 Å². The second-order valence-corrected chi connectivity index (χ2v) is 9.09. The fourth-order valence-corrected chi connectivity index (χ4v) is 4.56. The van der Waals surface area contributed by atoms with Crippen LogP contribution in [-0.2, 0) is 9.84 Å². The first-order valence-electron chi connectivity index (χ1n) is 9.20. The van der Waals surface area contributed by atoms with Crippen LogP contribution in [0.15, 0.2) is 76.2 Å². The van der Waals surface area contributed by atoms with E-state index in [1.165, 1.54) is 30.5 Å². The molecule has 7 heteroatoms. The zero-order valence-corrected chi connectivity index (χ0v) is 16.9. The fraction of sp³-hybridized carbons (Fsp3) is 0.227. The number of nitrogens with one attached hydrogen (secondary N) is 1. The number of carbonyl (C=O) groups excluding carboxylic acids is 1. The average Bonchev–Trinajstić information content (AvgIpc) is 3.22. The molecule has 5 nitrogen and oxygen atoms in total. The van der Waals surface area contributed by atoms with Crippen LogP contribution < -0.4 is 5.32 Å². The normalized spacial score (nSPS) is 12.7. The lowest BCUT2D eigenvalue weighted by Gasteiger charge is -2.17. The molecule has 0 saturated heterocycles. The van der Waals surface area contributed by atoms with Gasteiger partial charge in [-0.1, -0.05) is 38.1 Å². The number of furan rings is 1. The maximum absolute atomic E-state index is 13.8. The van der Waals surface area contributed by atoms with E-state index in [4.69, 9.17) is 4.42 Å². The van der Waals surface area contributed by atoms with Crippen LogP contribution in [0.25, 0.3) is 0 Å². The first-order chi connectivity index (χ1) is 13.8. The lowest BCUT2D eigenvalue weighted by atomic mass is 10.0. The van der Waals surface area contributed by atoms with Crippen LogP contribution in [0.2, 0.25) is 0 Å². The van der Waals surface area contributed by atoms with Gasteiger partial charge in [0, 0.05) is 6.54 Å². The molecule has 29 heavy (non-hydrogen) atoms. The molecule has 0 aliphatic carbocycles. The van der Waals surface area contributed by atoms with E-state index in [1.807, 2.05) is 13.8 Å². The first kappa shape index (κ1) is 20.8. The number of benzene rings is 2. The summed E-state index contributed by atoms with van der Waals surface area (Å²) in [6.45, 7) is 3.79. The predicted molar refractivity (Wildman–Crippen MR) is 108 cm³/mol. The summed E-state index contributed by atoms with van der Waals surface area (Å²) in [6, 6.07) is 15.3. The Morgan fingerprint density at radius 3 is 2.31 bits per heavy atom. The minimum Gasteiger partial charge on any atom is -0.468 e. The Labute approximate surface area is 169 Å². The van der Waals surface area contributed by atoms with Crippen molar-refractivity contribution in [3.05, 3.63) is 89.6 Å². The second kappa shape index (κ2) is 8.61. The molecule has 0 saturated carbocycles. The number of hydrogen-bond donors (Lipinski definition) is 1. The van der Waals surface area contributed by atoms with Gasteiger partial charge in [-0.3, -0.25) is 4.79 Å². The smallest absolute Gasteiger partial charge is 0.254 e. The molecule has 0 radical (unpaired) electrons. The largest absolute Gasteiger partial charge is 0.468 e. The summed E-state index contributed by atoms with van der Waals surface area (Å²) in [4.78, 5) is 12.5. The van der Waals surface area contributed by atoms with Gasteiger partial charge < -0.3 is 9.73 Å². The summed E-state index contributed by atoms with van der Waals surface area (Å²) >= 11 is 0. The van der Waals surface area contributed by atoms with Gasteiger partial charge in [0.1, 0.15) is 16.8 Å². The van der Waals surface area contributed by atoms with E-state index >= 15 is 0 Å². The van der Waals surface area contributed by atoms with Crippen molar-refractivity contribution >= 4 is 15.7 Å². The van der Waals surface area contributed by atoms with Gasteiger partial charge in [0.15, 0.2) is 9.84 Å². The van der Waals surface area contributed by atoms with Crippen LogP contribution in [0.3, 0.4) is 0 Å². The van der Waals surface area contributed by atoms with Crippen molar-refractivity contribution in [3.63, 3.8) is 0 Å². The topological polar surface area (TPSA) is 76.4 Å². The molecule has 0 spiro atoms. The van der Waals surface area contributed by atoms with Crippen molar-refractivity contribution in [2.75, 3.05) is 6.54 Å². The summed E-state index contributed by atoms with van der Waals surface area (Å²) in [7, 11) is -3.86. The van der Waals surface area contributed by atoms with Crippen molar-refractivity contribution in [2.24, 2.45) is 0 Å². The third-order valence-electron chi connectivity index (χ3n) is 4.68. The Balaban J connectivity index is 1.87. The number of sulfone groups is 1. The third-order valence-corrected chi connectivity index (χ3v) is 6.75. The fourth-order valence-electron chi connectivity index (χ4n) is 2.97. The molecule has 0 fully saturated rings. The van der Waals surface area contributed by atoms with Crippen LogP contribution in [0.5, 0.6) is 0 Å². The van der Waals surface area contributed by atoms with Gasteiger partial charge >= 0.3 is 0 Å². The van der Waals surface area contributed by atoms with Crippen molar-refractivity contribution in [1.82, 2.24) is 5.32 Å². The summed E-state index contributed by atoms with van der Waals surface area (Å²) in [5, 5.41) is 1.37. The molecule has 0 bridgehead atoms. The molecule has 1 amide bonds. The number of halogens is 1. The monoisotopic (exact) mass is 415 g/mol. The lowest BCUT2D eigenvalue weighted by molar-refractivity contribution is 0.0949. The summed E-state index contributed by atoms with van der Waals surface area (Å²) in [6.07, 6.45) is 1.37. The average molecular weight is 415 g/mol. The number of hydrogen-bond acceptors (Lipinski definition) is 4. The van der Waals surface area contributed by atoms with Crippen molar-refractivity contribution in [1.29, 1.82) is 0 Å². The molecular weight excluding hydrogens is 393 g/mol. The summed E-state index contributed by atoms with van der Waals surface area (Å²) in [5.41, 5.74) is 0.871. The predicted octanol–water partition coefficient (Wildman–Crippen LogP) is 4.49. The SMILES string of the molecule is CC(C)c1ccc(S(=O)(=O)[C@H](CNC(=O)c2ccccc2F)c2ccco2)cc1. The maximum Gasteiger partial charge on any atom is 0.254 e. The van der Waals surface area contributed by atoms with E-state index in [2.05, 4.69) is 5.32 Å². The van der Waals surface area contributed by atoms with Crippen molar-refractivity contribution in [3.8, 4) is 0 Å². The number of amides is 1. The molecule has 1 heterocycles. The molecule has 152 valence electrons. The number of rotatable bonds is 7. The van der Waals surface area contributed by atoms with Gasteiger partial charge in [0.2, 0.25) is 0 Å². The van der Waals surface area contributed by atoms with Crippen LogP contribution >= 0.6 is 0 Å². The molecule has 1 aromatic heterocycles. The Morgan fingerprint density at radius 2 is 1.72 bits per heavy atom. The van der Waals surface area contributed by atoms with E-state index in [-0.39, 0.29) is 28.7 Å². The zero-order chi connectivity index (χ0) is 21.0. The number of carbonyl (C=O) groups is 1. The summed E-state index contributed by atoms with van der Waals surface area (Å²) < 4.78 is 45.6. The van der Waals surface area contributed by atoms with Gasteiger partial charge in [0.05, 0.1) is 16.7 Å². The highest BCUT2D eigenvalue weighted by Crippen LogP contribution is 2.30. The molecular formula is C22H22FNO4S. The summed E-state index contributed by atoms with van der Waals surface area (Å²) in [5.74, 6) is -0.892. The molecule has 0 aliphatic rings. The van der Waals surface area contributed by atoms with Crippen LogP contribution in [-0.4, -0.2) is 20.9 Å². The first-order valence-corrected chi connectivity index (χ1v) is 10.8. The third kappa shape index (κ3) is 4.56. The van der Waals surface area contributed by atoms with Crippen molar-refractivity contribution < 1.29 is 22.0 Å². The van der Waals surface area contributed by atoms with Gasteiger partial charge in [-0.2, -0.15) is 0 Å². The van der Waals surface area contributed by atoms with Crippen LogP contribution in [0.4, 0.5) is 4.39 Å². The molecule has 3 rings (SSSR count). The highest BCUT2D eigenvalue weighted by molar-refractivity contribution is 7.91. The van der Waals surface area contributed by atoms with Crippen molar-refractivity contribution in [2.45, 2.75) is 29.9 Å². The van der Waals surface area contributed by atoms with E-state index in [0.29, 0.717) is 0 Å². The molecule has 0 unspecified atom stereocenters. The van der Waals surface area contributed by atoms with E-state index in [9.17, 15) is 17.6 Å². The minimum atomic E-state index is -3.86. The van der Waals surface area contributed by atoms with Gasteiger partial charge in [-0.05, 0) is 47.9 Å². The Bertz CT molecular complexity index is 1070. The maximum atomic E-state index is 13.8. The van der Waals surface area contributed by atoms with Gasteiger partial charge in [0.25, 0.3) is 5.91 Å². The molecule has 0 aliphatic heterocycles. The van der Waals surface area contributed by atoms with Crippen LogP contribution in [0.1, 0.15) is 46.7 Å². The zero-order valence-electron chi connectivity index (χ0n) is 16.1. The highest BCUT2D eigenvalue weighted by Gasteiger charge is 2.32. The van der Waals surface area contributed by atoms with Crippen LogP contribution in [0, 0.1) is 5.82 Å². The molecule has 2 aromatic carbocycles. The van der Waals surface area contributed by atoms with Gasteiger partial charge in [-0.15, -0.1) is 0 Å². The molecule has 1 N–H and O–H groups in total. The minimum absolute atomic E-state index is 0.128. The lowest BCUT2D eigenvalue weighted by Crippen LogP contribution is -2.32. The van der Waals surface area contributed by atoms with E-state index in [1.54, 1.807) is 36.4 Å².